The fraction of sp³-hybridized carbons (Fsp3) is 0.429. The van der Waals surface area contributed by atoms with Crippen molar-refractivity contribution in [2.45, 2.75) is 38.6 Å². The summed E-state index contributed by atoms with van der Waals surface area (Å²) in [5.74, 6) is 1.92. The van der Waals surface area contributed by atoms with Crippen LogP contribution < -0.4 is 16.2 Å². The van der Waals surface area contributed by atoms with Gasteiger partial charge in [-0.2, -0.15) is 0 Å². The predicted octanol–water partition coefficient (Wildman–Crippen LogP) is 4.88. The lowest BCUT2D eigenvalue weighted by molar-refractivity contribution is -0.0312. The molecule has 2 saturated heterocycles. The van der Waals surface area contributed by atoms with Gasteiger partial charge in [0.2, 0.25) is 0 Å². The van der Waals surface area contributed by atoms with E-state index in [2.05, 4.69) is 23.1 Å². The molecule has 2 fully saturated rings. The Hall–Kier alpha value is -2.38. The number of nitrogens with two attached hydrogens (primary N) is 1. The second-order valence-corrected chi connectivity index (χ2v) is 11.3. The topological polar surface area (TPSA) is 73.4 Å². The molecule has 2 N–H and O–H groups in total. The molecule has 6 nitrogen and oxygen atoms in total. The quantitative estimate of drug-likeness (QED) is 0.526. The summed E-state index contributed by atoms with van der Waals surface area (Å²) in [7, 11) is 0. The predicted molar refractivity (Wildman–Crippen MR) is 144 cm³/mol. The van der Waals surface area contributed by atoms with E-state index in [4.69, 9.17) is 38.7 Å². The maximum atomic E-state index is 13.1. The lowest BCUT2D eigenvalue weighted by Gasteiger charge is -2.42. The van der Waals surface area contributed by atoms with Gasteiger partial charge in [0.25, 0.3) is 5.56 Å². The minimum absolute atomic E-state index is 0.0416. The molecule has 2 aromatic carbocycles. The van der Waals surface area contributed by atoms with Crippen molar-refractivity contribution < 1.29 is 4.74 Å². The second-order valence-electron chi connectivity index (χ2n) is 10.6. The summed E-state index contributed by atoms with van der Waals surface area (Å²) in [4.78, 5) is 20.1. The molecule has 1 atom stereocenters. The number of rotatable bonds is 4. The molecule has 1 spiro atoms. The number of anilines is 1. The van der Waals surface area contributed by atoms with Crippen LogP contribution in [0.4, 0.5) is 5.82 Å². The largest absolute Gasteiger partial charge is 0.381 e. The molecule has 0 unspecified atom stereocenters. The molecule has 3 heterocycles. The first kappa shape index (κ1) is 24.0. The molecular weight excluding hydrogens is 495 g/mol. The van der Waals surface area contributed by atoms with Crippen LogP contribution in [0.2, 0.25) is 10.0 Å². The van der Waals surface area contributed by atoms with E-state index in [1.165, 1.54) is 21.3 Å². The third-order valence-corrected chi connectivity index (χ3v) is 9.12. The van der Waals surface area contributed by atoms with Gasteiger partial charge in [0, 0.05) is 31.1 Å². The number of halogens is 2. The second kappa shape index (κ2) is 9.18. The van der Waals surface area contributed by atoms with Gasteiger partial charge in [-0.3, -0.25) is 9.36 Å². The van der Waals surface area contributed by atoms with Gasteiger partial charge in [0.15, 0.2) is 0 Å². The van der Waals surface area contributed by atoms with Gasteiger partial charge in [0.1, 0.15) is 11.6 Å². The van der Waals surface area contributed by atoms with E-state index in [1.807, 2.05) is 6.92 Å². The van der Waals surface area contributed by atoms with Crippen molar-refractivity contribution in [1.82, 2.24) is 9.55 Å². The number of piperidine rings is 1. The van der Waals surface area contributed by atoms with Gasteiger partial charge in [-0.1, -0.05) is 47.5 Å². The van der Waals surface area contributed by atoms with Crippen molar-refractivity contribution in [3.8, 4) is 5.69 Å². The normalized spacial score (nSPS) is 21.0. The van der Waals surface area contributed by atoms with Gasteiger partial charge in [-0.05, 0) is 66.8 Å². The molecule has 6 rings (SSSR count). The monoisotopic (exact) mass is 524 g/mol. The Morgan fingerprint density at radius 1 is 1.14 bits per heavy atom. The Morgan fingerprint density at radius 2 is 1.92 bits per heavy atom. The molecule has 2 aliphatic heterocycles. The molecule has 0 amide bonds. The number of ether oxygens (including phenoxy) is 1. The maximum Gasteiger partial charge on any atom is 0.260 e. The number of fused-ring (bicyclic) bond motifs is 1. The van der Waals surface area contributed by atoms with Gasteiger partial charge in [-0.15, -0.1) is 0 Å². The molecular formula is C28H30Cl2N4O2. The van der Waals surface area contributed by atoms with E-state index >= 15 is 0 Å². The van der Waals surface area contributed by atoms with Crippen LogP contribution >= 0.6 is 23.2 Å². The molecule has 3 aliphatic rings. The van der Waals surface area contributed by atoms with Crippen molar-refractivity contribution >= 4 is 29.0 Å². The molecule has 188 valence electrons. The minimum atomic E-state index is -0.170. The van der Waals surface area contributed by atoms with Crippen molar-refractivity contribution in [2.75, 3.05) is 31.2 Å². The van der Waals surface area contributed by atoms with Crippen LogP contribution in [0.3, 0.4) is 0 Å². The van der Waals surface area contributed by atoms with E-state index in [0.29, 0.717) is 33.3 Å². The zero-order valence-electron chi connectivity index (χ0n) is 20.3. The minimum Gasteiger partial charge on any atom is -0.381 e. The average Bonchev–Trinajstić information content (AvgIpc) is 3.10. The third kappa shape index (κ3) is 4.04. The molecule has 0 radical (unpaired) electrons. The smallest absolute Gasteiger partial charge is 0.260 e. The van der Waals surface area contributed by atoms with E-state index in [-0.39, 0.29) is 17.0 Å². The molecule has 3 aromatic rings. The van der Waals surface area contributed by atoms with Crippen molar-refractivity contribution in [1.29, 1.82) is 0 Å². The fourth-order valence-corrected chi connectivity index (χ4v) is 6.53. The van der Waals surface area contributed by atoms with Gasteiger partial charge in [0.05, 0.1) is 28.9 Å². The Kier molecular flexibility index (Phi) is 6.11. The standard InChI is InChI=1S/C28H30Cl2N4O2/c1-17-32-24(13-25(35)34(17)23-4-2-3-22(29)26(23)30)33-9-7-28(8-10-33)14-20-6-5-18(11-19-15-36-16-19)12-21(20)27(28)31/h2-6,12-13,19,27H,7-11,14-16,31H2,1H3/t27-/m1/s1. The highest BCUT2D eigenvalue weighted by Crippen LogP contribution is 2.51. The average molecular weight is 525 g/mol. The Labute approximate surface area is 221 Å². The summed E-state index contributed by atoms with van der Waals surface area (Å²) in [5.41, 5.74) is 11.4. The highest BCUT2D eigenvalue weighted by Gasteiger charge is 2.46. The zero-order chi connectivity index (χ0) is 25.0. The van der Waals surface area contributed by atoms with Crippen molar-refractivity contribution in [3.63, 3.8) is 0 Å². The number of benzene rings is 2. The molecule has 0 saturated carbocycles. The lowest BCUT2D eigenvalue weighted by atomic mass is 9.73. The van der Waals surface area contributed by atoms with Gasteiger partial charge < -0.3 is 15.4 Å². The van der Waals surface area contributed by atoms with Gasteiger partial charge in [-0.25, -0.2) is 4.98 Å². The van der Waals surface area contributed by atoms with Crippen LogP contribution in [0.1, 0.15) is 41.4 Å². The summed E-state index contributed by atoms with van der Waals surface area (Å²) in [6.45, 7) is 5.20. The van der Waals surface area contributed by atoms with Crippen LogP contribution in [0.15, 0.2) is 47.3 Å². The number of nitrogens with zero attached hydrogens (tertiary/aromatic N) is 3. The Bertz CT molecular complexity index is 1380. The zero-order valence-corrected chi connectivity index (χ0v) is 21.9. The summed E-state index contributed by atoms with van der Waals surface area (Å²) < 4.78 is 6.86. The van der Waals surface area contributed by atoms with E-state index in [0.717, 1.165) is 52.0 Å². The lowest BCUT2D eigenvalue weighted by Crippen LogP contribution is -2.45. The van der Waals surface area contributed by atoms with Crippen molar-refractivity contribution in [2.24, 2.45) is 17.1 Å². The van der Waals surface area contributed by atoms with Crippen molar-refractivity contribution in [3.05, 3.63) is 85.4 Å². The first-order valence-electron chi connectivity index (χ1n) is 12.6. The highest BCUT2D eigenvalue weighted by atomic mass is 35.5. The Balaban J connectivity index is 1.19. The first-order chi connectivity index (χ1) is 17.3. The van der Waals surface area contributed by atoms with Crippen LogP contribution in [0, 0.1) is 18.3 Å². The molecule has 0 bridgehead atoms. The molecule has 1 aromatic heterocycles. The van der Waals surface area contributed by atoms with E-state index < -0.39 is 0 Å². The fourth-order valence-electron chi connectivity index (χ4n) is 6.15. The number of hydrogen-bond donors (Lipinski definition) is 1. The number of aryl methyl sites for hydroxylation is 1. The summed E-state index contributed by atoms with van der Waals surface area (Å²) in [6, 6.07) is 13.8. The summed E-state index contributed by atoms with van der Waals surface area (Å²) in [6.07, 6.45) is 4.03. The maximum absolute atomic E-state index is 13.1. The first-order valence-corrected chi connectivity index (χ1v) is 13.4. The molecule has 36 heavy (non-hydrogen) atoms. The summed E-state index contributed by atoms with van der Waals surface area (Å²) >= 11 is 12.6. The molecule has 1 aliphatic carbocycles. The van der Waals surface area contributed by atoms with Crippen LogP contribution in [0.5, 0.6) is 0 Å². The third-order valence-electron chi connectivity index (χ3n) is 8.31. The highest BCUT2D eigenvalue weighted by molar-refractivity contribution is 6.43. The summed E-state index contributed by atoms with van der Waals surface area (Å²) in [5, 5.41) is 0.752. The number of hydrogen-bond acceptors (Lipinski definition) is 5. The number of aromatic nitrogens is 2. The molecule has 8 heteroatoms. The van der Waals surface area contributed by atoms with E-state index in [9.17, 15) is 4.79 Å². The van der Waals surface area contributed by atoms with E-state index in [1.54, 1.807) is 24.3 Å². The van der Waals surface area contributed by atoms with Crippen LogP contribution in [0.25, 0.3) is 5.69 Å². The van der Waals surface area contributed by atoms with Crippen LogP contribution in [-0.2, 0) is 17.6 Å². The van der Waals surface area contributed by atoms with Crippen LogP contribution in [-0.4, -0.2) is 35.9 Å². The SMILES string of the molecule is Cc1nc(N2CCC3(CC2)Cc2ccc(CC4COC4)cc2[C@H]3N)cc(=O)n1-c1cccc(Cl)c1Cl. The van der Waals surface area contributed by atoms with Gasteiger partial charge >= 0.3 is 0 Å². The Morgan fingerprint density at radius 3 is 2.61 bits per heavy atom.